The molecule has 49 heavy (non-hydrogen) atoms. The van der Waals surface area contributed by atoms with Crippen molar-refractivity contribution in [3.63, 3.8) is 0 Å². The Kier molecular flexibility index (Phi) is 17.0. The molecule has 0 saturated carbocycles. The molecule has 0 bridgehead atoms. The van der Waals surface area contributed by atoms with Gasteiger partial charge < -0.3 is 16.0 Å². The first kappa shape index (κ1) is 40.9. The molecule has 3 aromatic rings. The number of nitrogens with zero attached hydrogens (tertiary/aromatic N) is 1. The molecule has 0 heterocycles. The Morgan fingerprint density at radius 3 is 0.755 bits per heavy atom. The summed E-state index contributed by atoms with van der Waals surface area (Å²) in [7, 11) is 0. The maximum absolute atomic E-state index is 3.85. The normalized spacial score (nSPS) is 12.3. The van der Waals surface area contributed by atoms with Gasteiger partial charge in [0.05, 0.1) is 0 Å². The first-order valence-corrected chi connectivity index (χ1v) is 19.5. The van der Waals surface area contributed by atoms with Gasteiger partial charge >= 0.3 is 0 Å². The molecule has 0 aliphatic heterocycles. The molecule has 0 aliphatic rings. The van der Waals surface area contributed by atoms with Gasteiger partial charge in [0.25, 0.3) is 0 Å². The van der Waals surface area contributed by atoms with E-state index in [1.165, 1.54) is 50.1 Å². The summed E-state index contributed by atoms with van der Waals surface area (Å²) in [5.41, 5.74) is 13.4. The molecule has 272 valence electrons. The highest BCUT2D eigenvalue weighted by Crippen LogP contribution is 2.30. The maximum atomic E-state index is 3.85. The van der Waals surface area contributed by atoms with Crippen molar-refractivity contribution >= 4 is 0 Å². The molecule has 0 spiro atoms. The fraction of sp³-hybridized carbons (Fsp3) is 0.600. The lowest BCUT2D eigenvalue weighted by Crippen LogP contribution is -2.40. The topological polar surface area (TPSA) is 39.3 Å². The minimum Gasteiger partial charge on any atom is -0.311 e. The summed E-state index contributed by atoms with van der Waals surface area (Å²) in [5.74, 6) is 3.16. The summed E-state index contributed by atoms with van der Waals surface area (Å²) in [6.45, 7) is 36.6. The van der Waals surface area contributed by atoms with Crippen LogP contribution in [-0.2, 0) is 19.6 Å². The lowest BCUT2D eigenvalue weighted by Gasteiger charge is -2.25. The van der Waals surface area contributed by atoms with Crippen LogP contribution in [0.3, 0.4) is 0 Å². The Morgan fingerprint density at radius 1 is 0.367 bits per heavy atom. The Balaban J connectivity index is 1.67. The van der Waals surface area contributed by atoms with E-state index >= 15 is 0 Å². The molecule has 0 saturated heterocycles. The average molecular weight is 669 g/mol. The monoisotopic (exact) mass is 669 g/mol. The highest BCUT2D eigenvalue weighted by molar-refractivity contribution is 5.41. The van der Waals surface area contributed by atoms with E-state index in [0.717, 1.165) is 58.9 Å². The van der Waals surface area contributed by atoms with Crippen LogP contribution in [0, 0.1) is 0 Å². The van der Waals surface area contributed by atoms with Gasteiger partial charge in [-0.05, 0) is 85.6 Å². The number of hydrogen-bond donors (Lipinski definition) is 3. The Hall–Kier alpha value is -2.50. The van der Waals surface area contributed by atoms with E-state index in [9.17, 15) is 0 Å². The first-order valence-electron chi connectivity index (χ1n) is 19.5. The van der Waals surface area contributed by atoms with Gasteiger partial charge in [0.15, 0.2) is 0 Å². The molecular formula is C45H72N4. The highest BCUT2D eigenvalue weighted by atomic mass is 15.2. The Morgan fingerprint density at radius 2 is 0.571 bits per heavy atom. The lowest BCUT2D eigenvalue weighted by molar-refractivity contribution is 0.271. The summed E-state index contributed by atoms with van der Waals surface area (Å²) in [6, 6.07) is 20.6. The van der Waals surface area contributed by atoms with E-state index in [1.54, 1.807) is 0 Å². The average Bonchev–Trinajstić information content (AvgIpc) is 3.05. The van der Waals surface area contributed by atoms with Gasteiger partial charge in [-0.2, -0.15) is 0 Å². The van der Waals surface area contributed by atoms with Gasteiger partial charge in [-0.15, -0.1) is 0 Å². The van der Waals surface area contributed by atoms with Crippen LogP contribution in [0.2, 0.25) is 0 Å². The standard InChI is InChI=1S/C45H72N4/c1-31(2)37-16-13-17-38(32(3)4)43(37)28-46-22-25-49(26-23-47-29-44-39(33(5)6)18-14-19-40(44)34(7)8)27-24-48-30-45-41(35(9)10)20-15-21-42(45)36(11)12/h13-21,31-36,46-48H,22-30H2,1-12H3. The zero-order chi connectivity index (χ0) is 36.1. The van der Waals surface area contributed by atoms with Gasteiger partial charge in [0.1, 0.15) is 0 Å². The molecule has 0 fully saturated rings. The molecule has 4 nitrogen and oxygen atoms in total. The first-order chi connectivity index (χ1) is 23.3. The minimum absolute atomic E-state index is 0.526. The number of nitrogens with one attached hydrogen (secondary N) is 3. The summed E-state index contributed by atoms with van der Waals surface area (Å²) < 4.78 is 0. The van der Waals surface area contributed by atoms with Crippen molar-refractivity contribution in [2.45, 2.75) is 138 Å². The Labute approximate surface area is 302 Å². The van der Waals surface area contributed by atoms with Crippen molar-refractivity contribution in [2.24, 2.45) is 0 Å². The summed E-state index contributed by atoms with van der Waals surface area (Å²) in [6.07, 6.45) is 0. The predicted octanol–water partition coefficient (Wildman–Crippen LogP) is 10.4. The van der Waals surface area contributed by atoms with Crippen molar-refractivity contribution in [3.05, 3.63) is 105 Å². The predicted molar refractivity (Wildman–Crippen MR) is 215 cm³/mol. The van der Waals surface area contributed by atoms with Crippen LogP contribution in [0.15, 0.2) is 54.6 Å². The smallest absolute Gasteiger partial charge is 0.0211 e. The molecular weight excluding hydrogens is 597 g/mol. The Bertz CT molecular complexity index is 1150. The summed E-state index contributed by atoms with van der Waals surface area (Å²) in [4.78, 5) is 2.64. The van der Waals surface area contributed by atoms with Crippen molar-refractivity contribution in [3.8, 4) is 0 Å². The van der Waals surface area contributed by atoms with Gasteiger partial charge in [0, 0.05) is 58.9 Å². The third kappa shape index (κ3) is 12.1. The van der Waals surface area contributed by atoms with E-state index in [0.29, 0.717) is 35.5 Å². The van der Waals surface area contributed by atoms with Crippen LogP contribution >= 0.6 is 0 Å². The molecule has 3 aromatic carbocycles. The van der Waals surface area contributed by atoms with E-state index in [4.69, 9.17) is 0 Å². The molecule has 3 rings (SSSR count). The quantitative estimate of drug-likeness (QED) is 0.0988. The van der Waals surface area contributed by atoms with Crippen LogP contribution in [0.5, 0.6) is 0 Å². The van der Waals surface area contributed by atoms with E-state index in [1.807, 2.05) is 0 Å². The third-order valence-corrected chi connectivity index (χ3v) is 10.2. The van der Waals surface area contributed by atoms with Crippen molar-refractivity contribution in [1.82, 2.24) is 20.9 Å². The van der Waals surface area contributed by atoms with Gasteiger partial charge in [0.2, 0.25) is 0 Å². The highest BCUT2D eigenvalue weighted by Gasteiger charge is 2.16. The number of benzene rings is 3. The molecule has 0 atom stereocenters. The zero-order valence-electron chi connectivity index (χ0n) is 33.5. The van der Waals surface area contributed by atoms with Crippen molar-refractivity contribution in [2.75, 3.05) is 39.3 Å². The van der Waals surface area contributed by atoms with Crippen LogP contribution in [0.1, 0.15) is 169 Å². The molecule has 3 N–H and O–H groups in total. The molecule has 4 heteroatoms. The van der Waals surface area contributed by atoms with E-state index in [2.05, 4.69) is 159 Å². The molecule has 0 radical (unpaired) electrons. The zero-order valence-corrected chi connectivity index (χ0v) is 33.5. The van der Waals surface area contributed by atoms with Gasteiger partial charge in [-0.25, -0.2) is 0 Å². The second-order valence-electron chi connectivity index (χ2n) is 16.0. The SMILES string of the molecule is CC(C)c1cccc(C(C)C)c1CNCCN(CCNCc1c(C(C)C)cccc1C(C)C)CCNCc1c(C(C)C)cccc1C(C)C. The van der Waals surface area contributed by atoms with Gasteiger partial charge in [-0.3, -0.25) is 4.90 Å². The largest absolute Gasteiger partial charge is 0.311 e. The molecule has 0 aromatic heterocycles. The van der Waals surface area contributed by atoms with Crippen LogP contribution in [-0.4, -0.2) is 44.2 Å². The lowest BCUT2D eigenvalue weighted by atomic mass is 9.88. The second-order valence-corrected chi connectivity index (χ2v) is 16.0. The summed E-state index contributed by atoms with van der Waals surface area (Å²) in [5, 5.41) is 11.6. The number of hydrogen-bond acceptors (Lipinski definition) is 4. The summed E-state index contributed by atoms with van der Waals surface area (Å²) >= 11 is 0. The molecule has 0 unspecified atom stereocenters. The van der Waals surface area contributed by atoms with Crippen LogP contribution in [0.25, 0.3) is 0 Å². The van der Waals surface area contributed by atoms with Crippen molar-refractivity contribution in [1.29, 1.82) is 0 Å². The fourth-order valence-corrected chi connectivity index (χ4v) is 7.41. The van der Waals surface area contributed by atoms with Crippen LogP contribution in [0.4, 0.5) is 0 Å². The minimum atomic E-state index is 0.526. The van der Waals surface area contributed by atoms with E-state index in [-0.39, 0.29) is 0 Å². The maximum Gasteiger partial charge on any atom is 0.0211 e. The van der Waals surface area contributed by atoms with Gasteiger partial charge in [-0.1, -0.05) is 138 Å². The van der Waals surface area contributed by atoms with Crippen LogP contribution < -0.4 is 16.0 Å². The second kappa shape index (κ2) is 20.4. The fourth-order valence-electron chi connectivity index (χ4n) is 7.41. The molecule has 0 amide bonds. The van der Waals surface area contributed by atoms with Crippen molar-refractivity contribution < 1.29 is 0 Å². The third-order valence-electron chi connectivity index (χ3n) is 10.2. The van der Waals surface area contributed by atoms with E-state index < -0.39 is 0 Å². The number of rotatable bonds is 21. The molecule has 0 aliphatic carbocycles.